The van der Waals surface area contributed by atoms with Crippen molar-refractivity contribution in [2.75, 3.05) is 11.5 Å². The number of hydrogen-bond donors (Lipinski definition) is 2. The fourth-order valence-corrected chi connectivity index (χ4v) is 1.23. The van der Waals surface area contributed by atoms with Crippen LogP contribution in [-0.2, 0) is 0 Å². The van der Waals surface area contributed by atoms with Crippen LogP contribution >= 0.6 is 0 Å². The van der Waals surface area contributed by atoms with Crippen LogP contribution in [0, 0.1) is 0 Å². The molecular formula is C9H10N4. The maximum absolute atomic E-state index is 5.78. The van der Waals surface area contributed by atoms with E-state index in [1.54, 1.807) is 17.0 Å². The summed E-state index contributed by atoms with van der Waals surface area (Å²) in [6.07, 6.45) is 3.42. The summed E-state index contributed by atoms with van der Waals surface area (Å²) in [7, 11) is 0. The fourth-order valence-electron chi connectivity index (χ4n) is 1.23. The molecule has 1 heterocycles. The Morgan fingerprint density at radius 2 is 1.92 bits per heavy atom. The largest absolute Gasteiger partial charge is 0.397 e. The molecular weight excluding hydrogens is 164 g/mol. The van der Waals surface area contributed by atoms with Gasteiger partial charge in [-0.25, -0.2) is 4.98 Å². The Bertz CT molecular complexity index is 419. The molecule has 0 radical (unpaired) electrons. The van der Waals surface area contributed by atoms with E-state index in [0.717, 1.165) is 5.69 Å². The maximum Gasteiger partial charge on any atom is 0.204 e. The van der Waals surface area contributed by atoms with E-state index < -0.39 is 0 Å². The van der Waals surface area contributed by atoms with Gasteiger partial charge in [-0.3, -0.25) is 4.57 Å². The second kappa shape index (κ2) is 2.82. The zero-order chi connectivity index (χ0) is 9.26. The van der Waals surface area contributed by atoms with Gasteiger partial charge in [-0.1, -0.05) is 12.1 Å². The van der Waals surface area contributed by atoms with E-state index >= 15 is 0 Å². The van der Waals surface area contributed by atoms with Crippen molar-refractivity contribution in [1.29, 1.82) is 0 Å². The number of imidazole rings is 1. The minimum Gasteiger partial charge on any atom is -0.397 e. The summed E-state index contributed by atoms with van der Waals surface area (Å²) >= 11 is 0. The van der Waals surface area contributed by atoms with Gasteiger partial charge in [-0.2, -0.15) is 0 Å². The molecule has 2 rings (SSSR count). The Morgan fingerprint density at radius 3 is 2.54 bits per heavy atom. The summed E-state index contributed by atoms with van der Waals surface area (Å²) in [5, 5.41) is 0. The number of aromatic nitrogens is 2. The van der Waals surface area contributed by atoms with E-state index in [4.69, 9.17) is 11.5 Å². The minimum absolute atomic E-state index is 0.443. The van der Waals surface area contributed by atoms with Gasteiger partial charge < -0.3 is 11.5 Å². The van der Waals surface area contributed by atoms with Gasteiger partial charge in [0, 0.05) is 12.4 Å². The summed E-state index contributed by atoms with van der Waals surface area (Å²) < 4.78 is 1.75. The van der Waals surface area contributed by atoms with E-state index in [2.05, 4.69) is 4.98 Å². The van der Waals surface area contributed by atoms with Crippen LogP contribution in [0.1, 0.15) is 0 Å². The number of nitrogen functional groups attached to an aromatic ring is 2. The molecule has 1 aromatic heterocycles. The fraction of sp³-hybridized carbons (Fsp3) is 0. The molecule has 0 saturated heterocycles. The second-order valence-corrected chi connectivity index (χ2v) is 2.71. The SMILES string of the molecule is Nc1ccccc1-n1ccnc1N. The molecule has 0 bridgehead atoms. The molecule has 0 atom stereocenters. The third-order valence-electron chi connectivity index (χ3n) is 1.87. The molecule has 0 unspecified atom stereocenters. The highest BCUT2D eigenvalue weighted by Gasteiger charge is 2.02. The molecule has 66 valence electrons. The minimum atomic E-state index is 0.443. The predicted molar refractivity (Wildman–Crippen MR) is 52.4 cm³/mol. The average Bonchev–Trinajstić information content (AvgIpc) is 2.52. The Balaban J connectivity index is 2.59. The number of nitrogens with two attached hydrogens (primary N) is 2. The molecule has 1 aromatic carbocycles. The Kier molecular flexibility index (Phi) is 1.66. The van der Waals surface area contributed by atoms with Crippen LogP contribution in [0.15, 0.2) is 36.7 Å². The number of hydrogen-bond acceptors (Lipinski definition) is 3. The van der Waals surface area contributed by atoms with E-state index in [-0.39, 0.29) is 0 Å². The molecule has 0 aliphatic heterocycles. The molecule has 4 heteroatoms. The van der Waals surface area contributed by atoms with Gasteiger partial charge in [0.25, 0.3) is 0 Å². The molecule has 13 heavy (non-hydrogen) atoms. The van der Waals surface area contributed by atoms with Gasteiger partial charge >= 0.3 is 0 Å². The molecule has 0 fully saturated rings. The number of rotatable bonds is 1. The van der Waals surface area contributed by atoms with E-state index in [1.807, 2.05) is 24.3 Å². The van der Waals surface area contributed by atoms with E-state index in [1.165, 1.54) is 0 Å². The lowest BCUT2D eigenvalue weighted by atomic mass is 10.3. The Morgan fingerprint density at radius 1 is 1.15 bits per heavy atom. The number of para-hydroxylation sites is 2. The molecule has 0 aliphatic carbocycles. The number of nitrogens with zero attached hydrogens (tertiary/aromatic N) is 2. The molecule has 0 spiro atoms. The summed E-state index contributed by atoms with van der Waals surface area (Å²) in [6.45, 7) is 0. The standard InChI is InChI=1S/C9H10N4/c10-7-3-1-2-4-8(7)13-6-5-12-9(13)11/h1-6H,10H2,(H2,11,12). The van der Waals surface area contributed by atoms with Crippen molar-refractivity contribution < 1.29 is 0 Å². The summed E-state index contributed by atoms with van der Waals surface area (Å²) in [4.78, 5) is 3.92. The van der Waals surface area contributed by atoms with Gasteiger partial charge in [0.1, 0.15) is 0 Å². The smallest absolute Gasteiger partial charge is 0.204 e. The third kappa shape index (κ3) is 1.22. The maximum atomic E-state index is 5.78. The number of benzene rings is 1. The van der Waals surface area contributed by atoms with Crippen molar-refractivity contribution in [3.63, 3.8) is 0 Å². The molecule has 0 saturated carbocycles. The monoisotopic (exact) mass is 174 g/mol. The van der Waals surface area contributed by atoms with Gasteiger partial charge in [0.2, 0.25) is 5.95 Å². The van der Waals surface area contributed by atoms with Gasteiger partial charge in [-0.05, 0) is 12.1 Å². The molecule has 0 amide bonds. The quantitative estimate of drug-likeness (QED) is 0.634. The topological polar surface area (TPSA) is 69.9 Å². The highest BCUT2D eigenvalue weighted by molar-refractivity contribution is 5.59. The summed E-state index contributed by atoms with van der Waals surface area (Å²) in [5.41, 5.74) is 13.0. The normalized spacial score (nSPS) is 10.2. The first-order valence-electron chi connectivity index (χ1n) is 3.93. The van der Waals surface area contributed by atoms with Crippen LogP contribution in [0.25, 0.3) is 5.69 Å². The van der Waals surface area contributed by atoms with Crippen molar-refractivity contribution >= 4 is 11.6 Å². The number of anilines is 2. The van der Waals surface area contributed by atoms with Crippen LogP contribution in [0.5, 0.6) is 0 Å². The van der Waals surface area contributed by atoms with Crippen molar-refractivity contribution in [3.8, 4) is 5.69 Å². The van der Waals surface area contributed by atoms with Crippen molar-refractivity contribution in [2.45, 2.75) is 0 Å². The summed E-state index contributed by atoms with van der Waals surface area (Å²) in [5.74, 6) is 0.443. The lowest BCUT2D eigenvalue weighted by Crippen LogP contribution is -2.02. The first-order valence-corrected chi connectivity index (χ1v) is 3.93. The van der Waals surface area contributed by atoms with Crippen molar-refractivity contribution in [1.82, 2.24) is 9.55 Å². The van der Waals surface area contributed by atoms with Crippen LogP contribution in [0.2, 0.25) is 0 Å². The van der Waals surface area contributed by atoms with E-state index in [0.29, 0.717) is 11.6 Å². The zero-order valence-electron chi connectivity index (χ0n) is 7.01. The average molecular weight is 174 g/mol. The third-order valence-corrected chi connectivity index (χ3v) is 1.87. The Labute approximate surface area is 75.8 Å². The van der Waals surface area contributed by atoms with Crippen LogP contribution < -0.4 is 11.5 Å². The van der Waals surface area contributed by atoms with Gasteiger partial charge in [0.05, 0.1) is 11.4 Å². The van der Waals surface area contributed by atoms with Crippen LogP contribution in [0.4, 0.5) is 11.6 Å². The van der Waals surface area contributed by atoms with Gasteiger partial charge in [-0.15, -0.1) is 0 Å². The summed E-state index contributed by atoms with van der Waals surface area (Å²) in [6, 6.07) is 7.51. The molecule has 4 nitrogen and oxygen atoms in total. The second-order valence-electron chi connectivity index (χ2n) is 2.71. The van der Waals surface area contributed by atoms with Crippen LogP contribution in [0.3, 0.4) is 0 Å². The lowest BCUT2D eigenvalue weighted by molar-refractivity contribution is 1.08. The predicted octanol–water partition coefficient (Wildman–Crippen LogP) is 1.04. The Hall–Kier alpha value is -1.97. The lowest BCUT2D eigenvalue weighted by Gasteiger charge is -2.06. The molecule has 4 N–H and O–H groups in total. The highest BCUT2D eigenvalue weighted by Crippen LogP contribution is 2.18. The highest BCUT2D eigenvalue weighted by atomic mass is 15.1. The van der Waals surface area contributed by atoms with Crippen molar-refractivity contribution in [2.24, 2.45) is 0 Å². The van der Waals surface area contributed by atoms with E-state index in [9.17, 15) is 0 Å². The first kappa shape index (κ1) is 7.67. The molecule has 2 aromatic rings. The van der Waals surface area contributed by atoms with Crippen molar-refractivity contribution in [3.05, 3.63) is 36.7 Å². The molecule has 0 aliphatic rings. The first-order chi connectivity index (χ1) is 6.29. The zero-order valence-corrected chi connectivity index (χ0v) is 7.01. The van der Waals surface area contributed by atoms with Crippen LogP contribution in [-0.4, -0.2) is 9.55 Å². The van der Waals surface area contributed by atoms with Gasteiger partial charge in [0.15, 0.2) is 0 Å².